The minimum atomic E-state index is -3.07. The Morgan fingerprint density at radius 1 is 1.46 bits per heavy atom. The van der Waals surface area contributed by atoms with E-state index in [1.165, 1.54) is 6.07 Å². The first-order valence-electron chi connectivity index (χ1n) is 8.11. The van der Waals surface area contributed by atoms with E-state index in [4.69, 9.17) is 10.5 Å². The standard InChI is InChI=1S/C17H20F3N3O3/c1-16(2,3)23(15(24)25)14-22-17(13(19)20,10-7-12(10)26-14)9-6-8(21)4-5-11(9)18/h4-6,10,12-13H,7,21H2,1-3H3,(H,24,25)/t10-,12+,17+/m0/s1. The van der Waals surface area contributed by atoms with Gasteiger partial charge in [0.25, 0.3) is 12.4 Å². The van der Waals surface area contributed by atoms with Crippen molar-refractivity contribution in [3.8, 4) is 0 Å². The van der Waals surface area contributed by atoms with Gasteiger partial charge in [-0.3, -0.25) is 0 Å². The first-order chi connectivity index (χ1) is 12.0. The summed E-state index contributed by atoms with van der Waals surface area (Å²) in [7, 11) is 0. The molecule has 6 nitrogen and oxygen atoms in total. The van der Waals surface area contributed by atoms with Crippen molar-refractivity contribution in [2.45, 2.75) is 50.8 Å². The van der Waals surface area contributed by atoms with E-state index in [0.717, 1.165) is 17.0 Å². The van der Waals surface area contributed by atoms with Crippen LogP contribution < -0.4 is 5.73 Å². The van der Waals surface area contributed by atoms with Gasteiger partial charge in [0.15, 0.2) is 5.54 Å². The Hall–Kier alpha value is -2.45. The van der Waals surface area contributed by atoms with Crippen molar-refractivity contribution in [3.63, 3.8) is 0 Å². The summed E-state index contributed by atoms with van der Waals surface area (Å²) < 4.78 is 48.5. The number of hydrogen-bond acceptors (Lipinski definition) is 4. The Balaban J connectivity index is 2.22. The monoisotopic (exact) mass is 371 g/mol. The number of amidine groups is 1. The van der Waals surface area contributed by atoms with Crippen LogP contribution in [0.1, 0.15) is 32.8 Å². The second-order valence-electron chi connectivity index (χ2n) is 7.55. The Morgan fingerprint density at radius 2 is 2.12 bits per heavy atom. The van der Waals surface area contributed by atoms with E-state index in [2.05, 4.69) is 4.99 Å². The minimum Gasteiger partial charge on any atom is -0.465 e. The fraction of sp³-hybridized carbons (Fsp3) is 0.529. The highest BCUT2D eigenvalue weighted by molar-refractivity contribution is 5.91. The van der Waals surface area contributed by atoms with E-state index in [1.807, 2.05) is 0 Å². The van der Waals surface area contributed by atoms with Gasteiger partial charge >= 0.3 is 6.09 Å². The molecule has 9 heteroatoms. The number of anilines is 1. The largest absolute Gasteiger partial charge is 0.465 e. The summed E-state index contributed by atoms with van der Waals surface area (Å²) in [5.41, 5.74) is 2.21. The zero-order chi connectivity index (χ0) is 19.4. The molecule has 1 heterocycles. The van der Waals surface area contributed by atoms with Gasteiger partial charge in [-0.2, -0.15) is 0 Å². The Morgan fingerprint density at radius 3 is 2.65 bits per heavy atom. The number of amides is 1. The third kappa shape index (κ3) is 2.75. The number of halogens is 3. The van der Waals surface area contributed by atoms with Gasteiger partial charge in [-0.25, -0.2) is 27.9 Å². The number of hydrogen-bond donors (Lipinski definition) is 2. The second kappa shape index (κ2) is 5.78. The van der Waals surface area contributed by atoms with E-state index in [9.17, 15) is 23.1 Å². The van der Waals surface area contributed by atoms with Crippen LogP contribution in [0.3, 0.4) is 0 Å². The SMILES string of the molecule is CC(C)(C)N(C(=O)O)C1=N[C@@](c2cc(N)ccc2F)(C(F)F)[C@H]2C[C@H]2O1. The van der Waals surface area contributed by atoms with E-state index in [-0.39, 0.29) is 17.7 Å². The van der Waals surface area contributed by atoms with Gasteiger partial charge in [0.2, 0.25) is 0 Å². The molecule has 1 aromatic rings. The van der Waals surface area contributed by atoms with Crippen LogP contribution in [-0.4, -0.2) is 40.2 Å². The summed E-state index contributed by atoms with van der Waals surface area (Å²) in [4.78, 5) is 16.5. The number of aliphatic imine (C=N–C) groups is 1. The molecule has 1 amide bonds. The molecule has 1 saturated carbocycles. The number of carboxylic acid groups (broad SMARTS) is 1. The fourth-order valence-electron chi connectivity index (χ4n) is 3.36. The quantitative estimate of drug-likeness (QED) is 0.780. The van der Waals surface area contributed by atoms with Crippen LogP contribution in [0.5, 0.6) is 0 Å². The number of nitrogens with zero attached hydrogens (tertiary/aromatic N) is 2. The highest BCUT2D eigenvalue weighted by atomic mass is 19.3. The van der Waals surface area contributed by atoms with Crippen molar-refractivity contribution in [3.05, 3.63) is 29.6 Å². The van der Waals surface area contributed by atoms with E-state index < -0.39 is 47.5 Å². The molecule has 3 atom stereocenters. The molecule has 0 spiro atoms. The maximum absolute atomic E-state index is 14.4. The highest BCUT2D eigenvalue weighted by Gasteiger charge is 2.65. The molecule has 0 radical (unpaired) electrons. The molecule has 0 saturated heterocycles. The zero-order valence-corrected chi connectivity index (χ0v) is 14.5. The number of nitrogen functional groups attached to an aromatic ring is 1. The van der Waals surface area contributed by atoms with Crippen molar-refractivity contribution in [2.24, 2.45) is 10.9 Å². The number of benzene rings is 1. The molecule has 0 bridgehead atoms. The van der Waals surface area contributed by atoms with Crippen molar-refractivity contribution < 1.29 is 27.8 Å². The first-order valence-corrected chi connectivity index (χ1v) is 8.11. The first kappa shape index (κ1) is 18.3. The number of rotatable bonds is 2. The Kier molecular flexibility index (Phi) is 4.08. The lowest BCUT2D eigenvalue weighted by atomic mass is 9.84. The molecular weight excluding hydrogens is 351 g/mol. The molecule has 0 aromatic heterocycles. The number of fused-ring (bicyclic) bond motifs is 1. The average molecular weight is 371 g/mol. The molecule has 1 aliphatic heterocycles. The maximum Gasteiger partial charge on any atom is 0.415 e. The summed E-state index contributed by atoms with van der Waals surface area (Å²) >= 11 is 0. The van der Waals surface area contributed by atoms with Crippen molar-refractivity contribution >= 4 is 17.8 Å². The maximum atomic E-state index is 14.4. The van der Waals surface area contributed by atoms with E-state index >= 15 is 0 Å². The van der Waals surface area contributed by atoms with Gasteiger partial charge in [-0.15, -0.1) is 0 Å². The predicted molar refractivity (Wildman–Crippen MR) is 88.5 cm³/mol. The molecule has 142 valence electrons. The summed E-state index contributed by atoms with van der Waals surface area (Å²) in [5.74, 6) is -1.62. The van der Waals surface area contributed by atoms with Crippen LogP contribution >= 0.6 is 0 Å². The van der Waals surface area contributed by atoms with Crippen molar-refractivity contribution in [1.29, 1.82) is 0 Å². The summed E-state index contributed by atoms with van der Waals surface area (Å²) in [6.45, 7) is 4.74. The van der Waals surface area contributed by atoms with Gasteiger partial charge in [0.1, 0.15) is 11.9 Å². The van der Waals surface area contributed by atoms with Crippen molar-refractivity contribution in [1.82, 2.24) is 4.90 Å². The summed E-state index contributed by atoms with van der Waals surface area (Å²) in [5, 5.41) is 9.52. The number of alkyl halides is 2. The molecule has 3 N–H and O–H groups in total. The van der Waals surface area contributed by atoms with Crippen LogP contribution in [0.25, 0.3) is 0 Å². The number of nitrogens with two attached hydrogens (primary N) is 1. The zero-order valence-electron chi connectivity index (χ0n) is 14.5. The molecule has 1 fully saturated rings. The highest BCUT2D eigenvalue weighted by Crippen LogP contribution is 2.57. The van der Waals surface area contributed by atoms with Crippen LogP contribution in [-0.2, 0) is 10.3 Å². The molecular formula is C17H20F3N3O3. The van der Waals surface area contributed by atoms with Crippen LogP contribution in [0, 0.1) is 11.7 Å². The van der Waals surface area contributed by atoms with Gasteiger partial charge in [-0.05, 0) is 45.4 Å². The summed E-state index contributed by atoms with van der Waals surface area (Å²) in [6.07, 6.45) is -4.89. The topological polar surface area (TPSA) is 88.2 Å². The fourth-order valence-corrected chi connectivity index (χ4v) is 3.36. The molecule has 1 aromatic carbocycles. The lowest BCUT2D eigenvalue weighted by molar-refractivity contribution is 0.00938. The summed E-state index contributed by atoms with van der Waals surface area (Å²) in [6, 6.07) is 2.96. The average Bonchev–Trinajstić information content (AvgIpc) is 3.26. The molecule has 1 aliphatic carbocycles. The van der Waals surface area contributed by atoms with Gasteiger partial charge < -0.3 is 15.6 Å². The lowest BCUT2D eigenvalue weighted by Gasteiger charge is -2.39. The third-order valence-corrected chi connectivity index (χ3v) is 4.64. The van der Waals surface area contributed by atoms with Gasteiger partial charge in [-0.1, -0.05) is 0 Å². The van der Waals surface area contributed by atoms with E-state index in [0.29, 0.717) is 0 Å². The number of carbonyl (C=O) groups is 1. The smallest absolute Gasteiger partial charge is 0.415 e. The lowest BCUT2D eigenvalue weighted by Crippen LogP contribution is -2.53. The molecule has 26 heavy (non-hydrogen) atoms. The second-order valence-corrected chi connectivity index (χ2v) is 7.55. The minimum absolute atomic E-state index is 0.118. The number of ether oxygens (including phenoxy) is 1. The molecule has 2 aliphatic rings. The Bertz CT molecular complexity index is 778. The molecule has 3 rings (SSSR count). The van der Waals surface area contributed by atoms with Crippen LogP contribution in [0.4, 0.5) is 23.7 Å². The van der Waals surface area contributed by atoms with Gasteiger partial charge in [0.05, 0.1) is 0 Å². The third-order valence-electron chi connectivity index (χ3n) is 4.64. The van der Waals surface area contributed by atoms with Crippen LogP contribution in [0.2, 0.25) is 0 Å². The Labute approximate surface area is 148 Å². The molecule has 0 unspecified atom stereocenters. The van der Waals surface area contributed by atoms with Crippen molar-refractivity contribution in [2.75, 3.05) is 5.73 Å². The predicted octanol–water partition coefficient (Wildman–Crippen LogP) is 3.42. The normalized spacial score (nSPS) is 27.4. The van der Waals surface area contributed by atoms with E-state index in [1.54, 1.807) is 20.8 Å². The van der Waals surface area contributed by atoms with Gasteiger partial charge in [0, 0.05) is 22.7 Å². The van der Waals surface area contributed by atoms with Crippen LogP contribution in [0.15, 0.2) is 23.2 Å².